The third-order valence-electron chi connectivity index (χ3n) is 0.933. The van der Waals surface area contributed by atoms with Gasteiger partial charge in [-0.2, -0.15) is 0 Å². The Labute approximate surface area is 51.1 Å². The summed E-state index contributed by atoms with van der Waals surface area (Å²) in [5, 5.41) is 1.65. The zero-order chi connectivity index (χ0) is 5.98. The molecule has 0 N–H and O–H groups in total. The lowest BCUT2D eigenvalue weighted by Crippen LogP contribution is -2.11. The van der Waals surface area contributed by atoms with E-state index in [4.69, 9.17) is 0 Å². The molecule has 1 aliphatic heterocycles. The third kappa shape index (κ3) is 0.816. The average Bonchev–Trinajstić information content (AvgIpc) is 2.14. The highest BCUT2D eigenvalue weighted by Gasteiger charge is 2.07. The third-order valence-corrected chi connectivity index (χ3v) is 2.12. The maximum atomic E-state index is 10.7. The molecule has 2 nitrogen and oxygen atoms in total. The van der Waals surface area contributed by atoms with Crippen molar-refractivity contribution >= 4 is 11.0 Å². The molecular weight excluding hydrogens is 122 g/mol. The van der Waals surface area contributed by atoms with E-state index < -0.39 is 11.0 Å². The van der Waals surface area contributed by atoms with Gasteiger partial charge in [0, 0.05) is 11.6 Å². The number of nitrogens with zero attached hydrogens (tertiary/aromatic N) is 1. The normalized spacial score (nSPS) is 26.5. The standard InChI is InChI=1S/C5H7NOS/c1-2-6-4-3-5-8(6)7/h2-3,5H,1,4H2. The summed E-state index contributed by atoms with van der Waals surface area (Å²) in [7, 11) is -0.926. The summed E-state index contributed by atoms with van der Waals surface area (Å²) in [6.45, 7) is 4.22. The van der Waals surface area contributed by atoms with Gasteiger partial charge in [0.1, 0.15) is 11.0 Å². The van der Waals surface area contributed by atoms with E-state index in [-0.39, 0.29) is 0 Å². The molecule has 8 heavy (non-hydrogen) atoms. The van der Waals surface area contributed by atoms with Gasteiger partial charge < -0.3 is 0 Å². The Kier molecular flexibility index (Phi) is 1.48. The largest absolute Gasteiger partial charge is 0.292 e. The summed E-state index contributed by atoms with van der Waals surface area (Å²) >= 11 is 0. The fourth-order valence-corrected chi connectivity index (χ4v) is 1.32. The molecule has 44 valence electrons. The molecule has 0 fully saturated rings. The van der Waals surface area contributed by atoms with Crippen LogP contribution in [0.4, 0.5) is 0 Å². The van der Waals surface area contributed by atoms with Crippen molar-refractivity contribution in [2.24, 2.45) is 0 Å². The van der Waals surface area contributed by atoms with Crippen molar-refractivity contribution in [3.05, 3.63) is 24.3 Å². The van der Waals surface area contributed by atoms with Crippen LogP contribution < -0.4 is 0 Å². The van der Waals surface area contributed by atoms with Gasteiger partial charge in [0.2, 0.25) is 0 Å². The lowest BCUT2D eigenvalue weighted by atomic mass is 10.6. The quantitative estimate of drug-likeness (QED) is 0.508. The molecule has 1 heterocycles. The van der Waals surface area contributed by atoms with Gasteiger partial charge in [-0.25, -0.2) is 4.21 Å². The highest BCUT2D eigenvalue weighted by molar-refractivity contribution is 7.86. The van der Waals surface area contributed by atoms with Crippen molar-refractivity contribution in [3.63, 3.8) is 0 Å². The molecule has 1 atom stereocenters. The van der Waals surface area contributed by atoms with Crippen LogP contribution in [0.15, 0.2) is 24.3 Å². The molecule has 0 aromatic heterocycles. The predicted octanol–water partition coefficient (Wildman–Crippen LogP) is 0.623. The van der Waals surface area contributed by atoms with E-state index in [9.17, 15) is 4.21 Å². The molecule has 0 aromatic carbocycles. The maximum Gasteiger partial charge on any atom is 0.144 e. The van der Waals surface area contributed by atoms with Crippen LogP contribution in [0.25, 0.3) is 0 Å². The Hall–Kier alpha value is -0.570. The van der Waals surface area contributed by atoms with Crippen molar-refractivity contribution in [2.75, 3.05) is 6.54 Å². The second-order valence-corrected chi connectivity index (χ2v) is 2.72. The first-order valence-corrected chi connectivity index (χ1v) is 3.48. The van der Waals surface area contributed by atoms with Gasteiger partial charge in [-0.05, 0) is 0 Å². The van der Waals surface area contributed by atoms with Gasteiger partial charge in [-0.15, -0.1) is 0 Å². The van der Waals surface area contributed by atoms with Crippen molar-refractivity contribution in [1.82, 2.24) is 4.31 Å². The zero-order valence-electron chi connectivity index (χ0n) is 4.41. The fourth-order valence-electron chi connectivity index (χ4n) is 0.529. The summed E-state index contributed by atoms with van der Waals surface area (Å²) in [5.74, 6) is 0. The van der Waals surface area contributed by atoms with E-state index in [0.29, 0.717) is 0 Å². The van der Waals surface area contributed by atoms with Crippen molar-refractivity contribution in [3.8, 4) is 0 Å². The smallest absolute Gasteiger partial charge is 0.144 e. The Balaban J connectivity index is 2.63. The van der Waals surface area contributed by atoms with Gasteiger partial charge in [-0.3, -0.25) is 4.31 Å². The Bertz CT molecular complexity index is 153. The first kappa shape index (κ1) is 5.56. The SMILES string of the molecule is C=CN1CC=CS1=O. The minimum atomic E-state index is -0.926. The van der Waals surface area contributed by atoms with Crippen LogP contribution in [0, 0.1) is 0 Å². The van der Waals surface area contributed by atoms with Crippen molar-refractivity contribution in [1.29, 1.82) is 0 Å². The van der Waals surface area contributed by atoms with E-state index in [1.165, 1.54) is 0 Å². The summed E-state index contributed by atoms with van der Waals surface area (Å²) in [5.41, 5.74) is 0. The predicted molar refractivity (Wildman–Crippen MR) is 34.2 cm³/mol. The molecule has 0 aromatic rings. The first-order valence-electron chi connectivity index (χ1n) is 2.31. The number of hydrogen-bond acceptors (Lipinski definition) is 1. The maximum absolute atomic E-state index is 10.7. The van der Waals surface area contributed by atoms with Crippen LogP contribution in [0.1, 0.15) is 0 Å². The molecule has 3 heteroatoms. The monoisotopic (exact) mass is 129 g/mol. The average molecular weight is 129 g/mol. The van der Waals surface area contributed by atoms with Crippen LogP contribution in [0.2, 0.25) is 0 Å². The van der Waals surface area contributed by atoms with E-state index >= 15 is 0 Å². The Morgan fingerprint density at radius 2 is 2.62 bits per heavy atom. The molecule has 0 radical (unpaired) electrons. The second-order valence-electron chi connectivity index (χ2n) is 1.43. The molecule has 0 aliphatic carbocycles. The summed E-state index contributed by atoms with van der Waals surface area (Å²) in [4.78, 5) is 0. The number of hydrogen-bond donors (Lipinski definition) is 0. The van der Waals surface area contributed by atoms with Crippen LogP contribution in [0.3, 0.4) is 0 Å². The molecule has 0 saturated carbocycles. The lowest BCUT2D eigenvalue weighted by Gasteiger charge is -2.06. The van der Waals surface area contributed by atoms with Gasteiger partial charge in [0.05, 0.1) is 6.54 Å². The topological polar surface area (TPSA) is 20.3 Å². The highest BCUT2D eigenvalue weighted by atomic mass is 32.2. The van der Waals surface area contributed by atoms with Gasteiger partial charge >= 0.3 is 0 Å². The second kappa shape index (κ2) is 2.13. The van der Waals surface area contributed by atoms with Crippen LogP contribution in [0.5, 0.6) is 0 Å². The van der Waals surface area contributed by atoms with E-state index in [1.54, 1.807) is 15.9 Å². The molecule has 1 unspecified atom stereocenters. The minimum Gasteiger partial charge on any atom is -0.292 e. The van der Waals surface area contributed by atoms with Crippen LogP contribution in [-0.2, 0) is 11.0 Å². The molecular formula is C5H7NOS. The first-order chi connectivity index (χ1) is 3.84. The zero-order valence-corrected chi connectivity index (χ0v) is 5.23. The van der Waals surface area contributed by atoms with Crippen molar-refractivity contribution in [2.45, 2.75) is 0 Å². The van der Waals surface area contributed by atoms with E-state index in [2.05, 4.69) is 6.58 Å². The van der Waals surface area contributed by atoms with E-state index in [1.807, 2.05) is 6.08 Å². The van der Waals surface area contributed by atoms with Crippen molar-refractivity contribution < 1.29 is 4.21 Å². The minimum absolute atomic E-state index is 0.732. The molecule has 0 bridgehead atoms. The molecule has 0 spiro atoms. The molecule has 1 aliphatic rings. The van der Waals surface area contributed by atoms with E-state index in [0.717, 1.165) is 6.54 Å². The Morgan fingerprint density at radius 1 is 1.88 bits per heavy atom. The van der Waals surface area contributed by atoms with Crippen LogP contribution >= 0.6 is 0 Å². The molecule has 0 saturated heterocycles. The van der Waals surface area contributed by atoms with Gasteiger partial charge in [-0.1, -0.05) is 12.7 Å². The molecule has 1 rings (SSSR count). The van der Waals surface area contributed by atoms with Crippen LogP contribution in [-0.4, -0.2) is 15.1 Å². The highest BCUT2D eigenvalue weighted by Crippen LogP contribution is 2.04. The van der Waals surface area contributed by atoms with Gasteiger partial charge in [0.25, 0.3) is 0 Å². The lowest BCUT2D eigenvalue weighted by molar-refractivity contribution is 0.622. The summed E-state index contributed by atoms with van der Waals surface area (Å²) < 4.78 is 12.3. The Morgan fingerprint density at radius 3 is 2.88 bits per heavy atom. The summed E-state index contributed by atoms with van der Waals surface area (Å²) in [6, 6.07) is 0. The molecule has 0 amide bonds. The summed E-state index contributed by atoms with van der Waals surface area (Å²) in [6.07, 6.45) is 3.44. The fraction of sp³-hybridized carbons (Fsp3) is 0.200. The van der Waals surface area contributed by atoms with Gasteiger partial charge in [0.15, 0.2) is 0 Å². The number of rotatable bonds is 1.